The molecule has 0 aliphatic carbocycles. The SMILES string of the molecule is CN1c2ccccc2CC2(C(=O)OC(C)(C)OC2=O)C1c1ccccc1. The third-order valence-corrected chi connectivity index (χ3v) is 5.22. The van der Waals surface area contributed by atoms with Gasteiger partial charge >= 0.3 is 11.9 Å². The van der Waals surface area contributed by atoms with Crippen molar-refractivity contribution >= 4 is 17.6 Å². The average Bonchev–Trinajstić information content (AvgIpc) is 2.60. The number of benzene rings is 2. The van der Waals surface area contributed by atoms with Crippen LogP contribution in [-0.2, 0) is 25.5 Å². The van der Waals surface area contributed by atoms with Crippen LogP contribution in [0.3, 0.4) is 0 Å². The Kier molecular flexibility index (Phi) is 3.58. The third kappa shape index (κ3) is 2.30. The van der Waals surface area contributed by atoms with Gasteiger partial charge in [-0.2, -0.15) is 0 Å². The van der Waals surface area contributed by atoms with Crippen LogP contribution in [0.1, 0.15) is 31.0 Å². The number of fused-ring (bicyclic) bond motifs is 1. The first-order chi connectivity index (χ1) is 12.3. The molecule has 134 valence electrons. The number of carbonyl (C=O) groups is 2. The minimum atomic E-state index is -1.43. The zero-order valence-corrected chi connectivity index (χ0v) is 15.1. The van der Waals surface area contributed by atoms with Crippen molar-refractivity contribution in [2.24, 2.45) is 5.41 Å². The fourth-order valence-corrected chi connectivity index (χ4v) is 4.11. The lowest BCUT2D eigenvalue weighted by Gasteiger charge is -2.50. The summed E-state index contributed by atoms with van der Waals surface area (Å²) in [6, 6.07) is 16.9. The van der Waals surface area contributed by atoms with E-state index in [0.717, 1.165) is 16.8 Å². The van der Waals surface area contributed by atoms with Crippen molar-refractivity contribution in [2.75, 3.05) is 11.9 Å². The zero-order chi connectivity index (χ0) is 18.5. The Morgan fingerprint density at radius 1 is 0.923 bits per heavy atom. The molecule has 1 saturated heterocycles. The van der Waals surface area contributed by atoms with E-state index in [1.165, 1.54) is 0 Å². The second-order valence-corrected chi connectivity index (χ2v) is 7.38. The van der Waals surface area contributed by atoms with Crippen LogP contribution in [0.2, 0.25) is 0 Å². The molecule has 0 saturated carbocycles. The number of esters is 2. The average molecular weight is 351 g/mol. The molecule has 5 heteroatoms. The number of para-hydroxylation sites is 1. The lowest BCUT2D eigenvalue weighted by Crippen LogP contribution is -2.61. The van der Waals surface area contributed by atoms with Crippen LogP contribution in [0, 0.1) is 5.41 Å². The van der Waals surface area contributed by atoms with Gasteiger partial charge in [-0.3, -0.25) is 9.59 Å². The van der Waals surface area contributed by atoms with Crippen LogP contribution in [0.4, 0.5) is 5.69 Å². The first-order valence-corrected chi connectivity index (χ1v) is 8.68. The van der Waals surface area contributed by atoms with Gasteiger partial charge in [-0.25, -0.2) is 0 Å². The Hall–Kier alpha value is -2.82. The van der Waals surface area contributed by atoms with Gasteiger partial charge < -0.3 is 14.4 Å². The highest BCUT2D eigenvalue weighted by atomic mass is 16.7. The minimum Gasteiger partial charge on any atom is -0.422 e. The molecule has 0 bridgehead atoms. The van der Waals surface area contributed by atoms with Crippen LogP contribution >= 0.6 is 0 Å². The largest absolute Gasteiger partial charge is 0.422 e. The van der Waals surface area contributed by atoms with Crippen LogP contribution in [0.25, 0.3) is 0 Å². The van der Waals surface area contributed by atoms with E-state index in [1.54, 1.807) is 13.8 Å². The molecule has 2 aliphatic rings. The van der Waals surface area contributed by atoms with Crippen molar-refractivity contribution in [3.63, 3.8) is 0 Å². The second-order valence-electron chi connectivity index (χ2n) is 7.38. The second kappa shape index (κ2) is 5.59. The van der Waals surface area contributed by atoms with E-state index in [0.29, 0.717) is 0 Å². The van der Waals surface area contributed by atoms with Gasteiger partial charge in [-0.05, 0) is 17.2 Å². The maximum absolute atomic E-state index is 13.2. The quantitative estimate of drug-likeness (QED) is 0.583. The Labute approximate surface area is 152 Å². The Morgan fingerprint density at radius 3 is 2.15 bits per heavy atom. The highest BCUT2D eigenvalue weighted by Crippen LogP contribution is 2.52. The van der Waals surface area contributed by atoms with Gasteiger partial charge in [0.05, 0.1) is 6.04 Å². The molecule has 26 heavy (non-hydrogen) atoms. The molecule has 2 heterocycles. The van der Waals surface area contributed by atoms with E-state index >= 15 is 0 Å². The first-order valence-electron chi connectivity index (χ1n) is 8.68. The molecule has 4 rings (SSSR count). The standard InChI is InChI=1S/C21H21NO4/c1-20(2)25-18(23)21(19(24)26-20)13-15-11-7-8-12-16(15)22(3)17(21)14-9-5-4-6-10-14/h4-12,17H,13H2,1-3H3. The topological polar surface area (TPSA) is 55.8 Å². The summed E-state index contributed by atoms with van der Waals surface area (Å²) in [5, 5.41) is 0. The molecule has 1 atom stereocenters. The molecule has 2 aromatic rings. The lowest BCUT2D eigenvalue weighted by atomic mass is 9.68. The molecule has 5 nitrogen and oxygen atoms in total. The molecule has 0 N–H and O–H groups in total. The van der Waals surface area contributed by atoms with Crippen molar-refractivity contribution in [1.29, 1.82) is 0 Å². The van der Waals surface area contributed by atoms with Crippen LogP contribution < -0.4 is 4.90 Å². The number of nitrogens with zero attached hydrogens (tertiary/aromatic N) is 1. The molecule has 2 aromatic carbocycles. The molecular formula is C21H21NO4. The lowest BCUT2D eigenvalue weighted by molar-refractivity contribution is -0.253. The van der Waals surface area contributed by atoms with Crippen molar-refractivity contribution in [2.45, 2.75) is 32.1 Å². The Morgan fingerprint density at radius 2 is 1.50 bits per heavy atom. The molecule has 1 fully saturated rings. The van der Waals surface area contributed by atoms with Gasteiger partial charge in [-0.15, -0.1) is 0 Å². The number of hydrogen-bond donors (Lipinski definition) is 0. The third-order valence-electron chi connectivity index (χ3n) is 5.22. The van der Waals surface area contributed by atoms with E-state index in [4.69, 9.17) is 9.47 Å². The molecule has 0 amide bonds. The van der Waals surface area contributed by atoms with Gasteiger partial charge in [0.25, 0.3) is 5.79 Å². The fraction of sp³-hybridized carbons (Fsp3) is 0.333. The van der Waals surface area contributed by atoms with E-state index in [-0.39, 0.29) is 6.42 Å². The molecular weight excluding hydrogens is 330 g/mol. The highest BCUT2D eigenvalue weighted by molar-refractivity contribution is 6.04. The van der Waals surface area contributed by atoms with E-state index in [1.807, 2.05) is 66.5 Å². The van der Waals surface area contributed by atoms with Crippen LogP contribution in [-0.4, -0.2) is 24.8 Å². The van der Waals surface area contributed by atoms with Gasteiger partial charge in [0.2, 0.25) is 0 Å². The van der Waals surface area contributed by atoms with Gasteiger partial charge in [0.15, 0.2) is 5.41 Å². The number of anilines is 1. The number of rotatable bonds is 1. The maximum atomic E-state index is 13.2. The summed E-state index contributed by atoms with van der Waals surface area (Å²) in [6.45, 7) is 3.15. The van der Waals surface area contributed by atoms with Gasteiger partial charge in [-0.1, -0.05) is 48.5 Å². The summed E-state index contributed by atoms with van der Waals surface area (Å²) in [5.74, 6) is -2.32. The molecule has 2 aliphatic heterocycles. The summed E-state index contributed by atoms with van der Waals surface area (Å²) < 4.78 is 11.1. The van der Waals surface area contributed by atoms with Gasteiger partial charge in [0, 0.05) is 33.0 Å². The summed E-state index contributed by atoms with van der Waals surface area (Å²) >= 11 is 0. The number of cyclic esters (lactones) is 2. The predicted molar refractivity (Wildman–Crippen MR) is 96.4 cm³/mol. The van der Waals surface area contributed by atoms with Crippen LogP contribution in [0.15, 0.2) is 54.6 Å². The predicted octanol–water partition coefficient (Wildman–Crippen LogP) is 3.24. The van der Waals surface area contributed by atoms with Crippen LogP contribution in [0.5, 0.6) is 0 Å². The summed E-state index contributed by atoms with van der Waals surface area (Å²) in [7, 11) is 1.90. The van der Waals surface area contributed by atoms with E-state index in [9.17, 15) is 9.59 Å². The fourth-order valence-electron chi connectivity index (χ4n) is 4.11. The molecule has 0 radical (unpaired) electrons. The summed E-state index contributed by atoms with van der Waals surface area (Å²) in [6.07, 6.45) is 0.251. The van der Waals surface area contributed by atoms with Crippen molar-refractivity contribution < 1.29 is 19.1 Å². The van der Waals surface area contributed by atoms with Crippen molar-refractivity contribution in [1.82, 2.24) is 0 Å². The summed E-state index contributed by atoms with van der Waals surface area (Å²) in [5.41, 5.74) is 1.37. The molecule has 1 unspecified atom stereocenters. The zero-order valence-electron chi connectivity index (χ0n) is 15.1. The molecule has 0 aromatic heterocycles. The van der Waals surface area contributed by atoms with Gasteiger partial charge in [0.1, 0.15) is 0 Å². The van der Waals surface area contributed by atoms with Crippen molar-refractivity contribution in [3.8, 4) is 0 Å². The Bertz CT molecular complexity index is 855. The smallest absolute Gasteiger partial charge is 0.329 e. The number of ether oxygens (including phenoxy) is 2. The first kappa shape index (κ1) is 16.6. The normalized spacial score (nSPS) is 23.2. The maximum Gasteiger partial charge on any atom is 0.329 e. The van der Waals surface area contributed by atoms with E-state index < -0.39 is 29.2 Å². The summed E-state index contributed by atoms with van der Waals surface area (Å²) in [4.78, 5) is 28.4. The minimum absolute atomic E-state index is 0.251. The number of carbonyl (C=O) groups excluding carboxylic acids is 2. The monoisotopic (exact) mass is 351 g/mol. The van der Waals surface area contributed by atoms with Crippen molar-refractivity contribution in [3.05, 3.63) is 65.7 Å². The Balaban J connectivity index is 1.94. The highest BCUT2D eigenvalue weighted by Gasteiger charge is 2.63. The number of hydrogen-bond acceptors (Lipinski definition) is 5. The van der Waals surface area contributed by atoms with E-state index in [2.05, 4.69) is 0 Å². The molecule has 1 spiro atoms.